The standard InChI is InChI=1S/C15H21ClN2O2/c16-13-4-1-3-12(11-13)15(5-9-20-10-6-15)14(19)18-8-2-7-17/h1,3-4,11H,2,5-10,17H2,(H,18,19). The zero-order valence-corrected chi connectivity index (χ0v) is 12.3. The Morgan fingerprint density at radius 1 is 1.40 bits per heavy atom. The predicted octanol–water partition coefficient (Wildman–Crippen LogP) is 1.85. The lowest BCUT2D eigenvalue weighted by Crippen LogP contribution is -2.48. The molecule has 1 heterocycles. The number of benzene rings is 1. The van der Waals surface area contributed by atoms with E-state index in [9.17, 15) is 4.79 Å². The van der Waals surface area contributed by atoms with Crippen LogP contribution in [0, 0.1) is 0 Å². The fourth-order valence-electron chi connectivity index (χ4n) is 2.63. The van der Waals surface area contributed by atoms with Crippen LogP contribution < -0.4 is 11.1 Å². The predicted molar refractivity (Wildman–Crippen MR) is 79.9 cm³/mol. The molecule has 1 saturated heterocycles. The molecule has 1 aromatic carbocycles. The summed E-state index contributed by atoms with van der Waals surface area (Å²) in [5, 5.41) is 3.65. The van der Waals surface area contributed by atoms with Crippen LogP contribution in [0.4, 0.5) is 0 Å². The molecule has 110 valence electrons. The molecule has 2 rings (SSSR count). The van der Waals surface area contributed by atoms with Gasteiger partial charge in [-0.1, -0.05) is 23.7 Å². The summed E-state index contributed by atoms with van der Waals surface area (Å²) in [7, 11) is 0. The van der Waals surface area contributed by atoms with Gasteiger partial charge >= 0.3 is 0 Å². The van der Waals surface area contributed by atoms with Crippen molar-refractivity contribution in [1.82, 2.24) is 5.32 Å². The van der Waals surface area contributed by atoms with Gasteiger partial charge in [0.1, 0.15) is 0 Å². The minimum Gasteiger partial charge on any atom is -0.381 e. The largest absolute Gasteiger partial charge is 0.381 e. The van der Waals surface area contributed by atoms with E-state index in [-0.39, 0.29) is 5.91 Å². The number of nitrogens with one attached hydrogen (secondary N) is 1. The number of hydrogen-bond acceptors (Lipinski definition) is 3. The molecule has 0 aliphatic carbocycles. The number of carbonyl (C=O) groups is 1. The molecule has 1 aliphatic heterocycles. The number of amides is 1. The smallest absolute Gasteiger partial charge is 0.230 e. The van der Waals surface area contributed by atoms with Crippen molar-refractivity contribution >= 4 is 17.5 Å². The molecule has 3 N–H and O–H groups in total. The quantitative estimate of drug-likeness (QED) is 0.815. The molecule has 20 heavy (non-hydrogen) atoms. The van der Waals surface area contributed by atoms with Crippen LogP contribution in [0.15, 0.2) is 24.3 Å². The van der Waals surface area contributed by atoms with Crippen molar-refractivity contribution in [2.75, 3.05) is 26.3 Å². The monoisotopic (exact) mass is 296 g/mol. The number of halogens is 1. The molecule has 0 spiro atoms. The Morgan fingerprint density at radius 3 is 2.80 bits per heavy atom. The fourth-order valence-corrected chi connectivity index (χ4v) is 2.82. The Bertz CT molecular complexity index is 459. The summed E-state index contributed by atoms with van der Waals surface area (Å²) >= 11 is 6.08. The summed E-state index contributed by atoms with van der Waals surface area (Å²) in [4.78, 5) is 12.7. The maximum absolute atomic E-state index is 12.7. The highest BCUT2D eigenvalue weighted by molar-refractivity contribution is 6.30. The molecule has 0 bridgehead atoms. The Kier molecular flexibility index (Phi) is 5.40. The fraction of sp³-hybridized carbons (Fsp3) is 0.533. The highest BCUT2D eigenvalue weighted by atomic mass is 35.5. The van der Waals surface area contributed by atoms with Gasteiger partial charge in [0.2, 0.25) is 5.91 Å². The summed E-state index contributed by atoms with van der Waals surface area (Å²) in [6.45, 7) is 2.37. The first kappa shape index (κ1) is 15.3. The van der Waals surface area contributed by atoms with Crippen molar-refractivity contribution < 1.29 is 9.53 Å². The number of hydrogen-bond donors (Lipinski definition) is 2. The van der Waals surface area contributed by atoms with Crippen molar-refractivity contribution in [3.63, 3.8) is 0 Å². The van der Waals surface area contributed by atoms with Gasteiger partial charge in [-0.25, -0.2) is 0 Å². The Morgan fingerprint density at radius 2 is 2.15 bits per heavy atom. The van der Waals surface area contributed by atoms with Crippen molar-refractivity contribution in [3.8, 4) is 0 Å². The van der Waals surface area contributed by atoms with Gasteiger partial charge in [0.05, 0.1) is 5.41 Å². The SMILES string of the molecule is NCCCNC(=O)C1(c2cccc(Cl)c2)CCOCC1. The Balaban J connectivity index is 2.23. The molecule has 4 nitrogen and oxygen atoms in total. The van der Waals surface area contributed by atoms with Crippen molar-refractivity contribution in [2.45, 2.75) is 24.7 Å². The minimum absolute atomic E-state index is 0.0523. The molecule has 1 amide bonds. The average molecular weight is 297 g/mol. The van der Waals surface area contributed by atoms with Gasteiger partial charge in [-0.3, -0.25) is 4.79 Å². The first-order valence-corrected chi connectivity index (χ1v) is 7.39. The average Bonchev–Trinajstić information content (AvgIpc) is 2.48. The van der Waals surface area contributed by atoms with E-state index in [1.54, 1.807) is 0 Å². The van der Waals surface area contributed by atoms with Crippen LogP contribution in [0.1, 0.15) is 24.8 Å². The molecule has 5 heteroatoms. The second-order valence-electron chi connectivity index (χ2n) is 5.10. The molecule has 1 aliphatic rings. The Hall–Kier alpha value is -1.10. The van der Waals surface area contributed by atoms with E-state index >= 15 is 0 Å². The zero-order valence-electron chi connectivity index (χ0n) is 11.5. The second-order valence-corrected chi connectivity index (χ2v) is 5.54. The zero-order chi connectivity index (χ0) is 14.4. The normalized spacial score (nSPS) is 17.7. The lowest BCUT2D eigenvalue weighted by atomic mass is 9.73. The number of rotatable bonds is 5. The van der Waals surface area contributed by atoms with Gasteiger partial charge in [-0.05, 0) is 43.5 Å². The maximum Gasteiger partial charge on any atom is 0.230 e. The molecular formula is C15H21ClN2O2. The second kappa shape index (κ2) is 7.07. The number of nitrogens with two attached hydrogens (primary N) is 1. The summed E-state index contributed by atoms with van der Waals surface area (Å²) in [5.41, 5.74) is 5.91. The summed E-state index contributed by atoms with van der Waals surface area (Å²) in [6, 6.07) is 7.57. The maximum atomic E-state index is 12.7. The van der Waals surface area contributed by atoms with E-state index in [0.717, 1.165) is 12.0 Å². The molecule has 0 radical (unpaired) electrons. The molecule has 0 aromatic heterocycles. The third-order valence-electron chi connectivity index (χ3n) is 3.82. The van der Waals surface area contributed by atoms with Crippen LogP contribution in [0.5, 0.6) is 0 Å². The van der Waals surface area contributed by atoms with Crippen LogP contribution in [-0.2, 0) is 14.9 Å². The van der Waals surface area contributed by atoms with Gasteiger partial charge in [0.15, 0.2) is 0 Å². The van der Waals surface area contributed by atoms with Gasteiger partial charge in [0, 0.05) is 24.8 Å². The van der Waals surface area contributed by atoms with E-state index in [0.29, 0.717) is 44.2 Å². The lowest BCUT2D eigenvalue weighted by Gasteiger charge is -2.36. The lowest BCUT2D eigenvalue weighted by molar-refractivity contribution is -0.130. The van der Waals surface area contributed by atoms with Gasteiger partial charge in [-0.15, -0.1) is 0 Å². The van der Waals surface area contributed by atoms with E-state index in [2.05, 4.69) is 5.32 Å². The van der Waals surface area contributed by atoms with E-state index in [1.165, 1.54) is 0 Å². The highest BCUT2D eigenvalue weighted by Gasteiger charge is 2.41. The molecular weight excluding hydrogens is 276 g/mol. The molecule has 0 saturated carbocycles. The first-order chi connectivity index (χ1) is 9.69. The van der Waals surface area contributed by atoms with E-state index in [4.69, 9.17) is 22.1 Å². The van der Waals surface area contributed by atoms with E-state index in [1.807, 2.05) is 24.3 Å². The molecule has 1 aromatic rings. The van der Waals surface area contributed by atoms with Crippen LogP contribution in [0.2, 0.25) is 5.02 Å². The van der Waals surface area contributed by atoms with Gasteiger partial charge < -0.3 is 15.8 Å². The third-order valence-corrected chi connectivity index (χ3v) is 4.06. The van der Waals surface area contributed by atoms with Crippen molar-refractivity contribution in [1.29, 1.82) is 0 Å². The minimum atomic E-state index is -0.530. The van der Waals surface area contributed by atoms with Crippen molar-refractivity contribution in [2.24, 2.45) is 5.73 Å². The molecule has 0 atom stereocenters. The van der Waals surface area contributed by atoms with Crippen LogP contribution in [0.25, 0.3) is 0 Å². The summed E-state index contributed by atoms with van der Waals surface area (Å²) < 4.78 is 5.42. The highest BCUT2D eigenvalue weighted by Crippen LogP contribution is 2.36. The third kappa shape index (κ3) is 3.32. The van der Waals surface area contributed by atoms with Crippen molar-refractivity contribution in [3.05, 3.63) is 34.9 Å². The first-order valence-electron chi connectivity index (χ1n) is 7.01. The van der Waals surface area contributed by atoms with Crippen LogP contribution in [0.3, 0.4) is 0 Å². The number of ether oxygens (including phenoxy) is 1. The molecule has 1 fully saturated rings. The van der Waals surface area contributed by atoms with Crippen LogP contribution >= 0.6 is 11.6 Å². The number of carbonyl (C=O) groups excluding carboxylic acids is 1. The van der Waals surface area contributed by atoms with E-state index < -0.39 is 5.41 Å². The summed E-state index contributed by atoms with van der Waals surface area (Å²) in [6.07, 6.45) is 2.15. The summed E-state index contributed by atoms with van der Waals surface area (Å²) in [5.74, 6) is 0.0523. The van der Waals surface area contributed by atoms with Gasteiger partial charge in [0.25, 0.3) is 0 Å². The van der Waals surface area contributed by atoms with Crippen LogP contribution in [-0.4, -0.2) is 32.2 Å². The Labute approximate surface area is 124 Å². The topological polar surface area (TPSA) is 64.3 Å². The van der Waals surface area contributed by atoms with Gasteiger partial charge in [-0.2, -0.15) is 0 Å². The molecule has 0 unspecified atom stereocenters.